The van der Waals surface area contributed by atoms with Crippen molar-refractivity contribution in [3.63, 3.8) is 0 Å². The van der Waals surface area contributed by atoms with E-state index in [9.17, 15) is 0 Å². The number of benzene rings is 3. The van der Waals surface area contributed by atoms with Crippen molar-refractivity contribution in [2.75, 3.05) is 24.5 Å². The molecule has 0 bridgehead atoms. The molecule has 1 atom stereocenters. The summed E-state index contributed by atoms with van der Waals surface area (Å²) in [6.45, 7) is 12.4. The minimum atomic E-state index is 0.110. The maximum absolute atomic E-state index is 6.57. The molecule has 1 unspecified atom stereocenters. The van der Waals surface area contributed by atoms with Crippen LogP contribution in [0.5, 0.6) is 5.75 Å². The fourth-order valence-corrected chi connectivity index (χ4v) is 4.31. The highest BCUT2D eigenvalue weighted by molar-refractivity contribution is 5.76. The van der Waals surface area contributed by atoms with Gasteiger partial charge in [0.25, 0.3) is 0 Å². The molecular weight excluding hydrogens is 380 g/mol. The van der Waals surface area contributed by atoms with E-state index >= 15 is 0 Å². The van der Waals surface area contributed by atoms with Gasteiger partial charge in [-0.25, -0.2) is 0 Å². The quantitative estimate of drug-likeness (QED) is 0.236. The van der Waals surface area contributed by atoms with Crippen molar-refractivity contribution >= 4 is 17.1 Å². The molecule has 0 fully saturated rings. The molecule has 164 valence electrons. The average Bonchev–Trinajstić information content (AvgIpc) is 2.82. The number of ether oxygens (including phenoxy) is 1. The van der Waals surface area contributed by atoms with E-state index in [-0.39, 0.29) is 6.23 Å². The molecule has 3 aromatic carbocycles. The van der Waals surface area contributed by atoms with Crippen molar-refractivity contribution in [2.45, 2.75) is 46.8 Å². The smallest absolute Gasteiger partial charge is 0.230 e. The molecule has 0 heterocycles. The predicted octanol–water partition coefficient (Wildman–Crippen LogP) is 7.54. The number of anilines is 3. The highest BCUT2D eigenvalue weighted by Crippen LogP contribution is 2.36. The lowest BCUT2D eigenvalue weighted by molar-refractivity contribution is -0.963. The first-order valence-corrected chi connectivity index (χ1v) is 11.7. The number of hydrogen-bond donors (Lipinski definition) is 0. The second kappa shape index (κ2) is 11.0. The molecule has 3 heteroatoms. The summed E-state index contributed by atoms with van der Waals surface area (Å²) in [6.07, 6.45) is 2.55. The fourth-order valence-electron chi connectivity index (χ4n) is 4.31. The Hall–Kier alpha value is -2.78. The van der Waals surface area contributed by atoms with Crippen LogP contribution in [-0.2, 0) is 0 Å². The first-order valence-electron chi connectivity index (χ1n) is 11.7. The number of hydrogen-bond acceptors (Lipinski definition) is 2. The first-order chi connectivity index (χ1) is 15.1. The fraction of sp³-hybridized carbons (Fsp3) is 0.357. The summed E-state index contributed by atoms with van der Waals surface area (Å²) in [5, 5.41) is 0. The van der Waals surface area contributed by atoms with Gasteiger partial charge >= 0.3 is 0 Å². The van der Waals surface area contributed by atoms with Gasteiger partial charge in [0.05, 0.1) is 19.6 Å². The van der Waals surface area contributed by atoms with Crippen molar-refractivity contribution in [1.82, 2.24) is 0 Å². The Bertz CT molecular complexity index is 867. The average molecular weight is 418 g/mol. The van der Waals surface area contributed by atoms with Crippen LogP contribution in [0.1, 0.15) is 40.5 Å². The third-order valence-corrected chi connectivity index (χ3v) is 6.40. The highest BCUT2D eigenvalue weighted by Gasteiger charge is 2.31. The number of quaternary nitrogens is 1. The number of para-hydroxylation sites is 2. The molecule has 0 saturated carbocycles. The second-order valence-corrected chi connectivity index (χ2v) is 8.15. The van der Waals surface area contributed by atoms with Gasteiger partial charge in [-0.1, -0.05) is 55.8 Å². The zero-order valence-corrected chi connectivity index (χ0v) is 19.5. The van der Waals surface area contributed by atoms with Gasteiger partial charge in [0.2, 0.25) is 6.23 Å². The van der Waals surface area contributed by atoms with Crippen molar-refractivity contribution in [3.05, 3.63) is 84.9 Å². The molecule has 0 amide bonds. The molecular formula is C28H37N2O+. The third-order valence-electron chi connectivity index (χ3n) is 6.40. The van der Waals surface area contributed by atoms with Gasteiger partial charge in [0.1, 0.15) is 5.75 Å². The van der Waals surface area contributed by atoms with Crippen molar-refractivity contribution in [3.8, 4) is 5.75 Å². The van der Waals surface area contributed by atoms with Crippen LogP contribution in [0.3, 0.4) is 0 Å². The molecule has 0 saturated heterocycles. The molecule has 0 aliphatic carbocycles. The Morgan fingerprint density at radius 3 is 1.81 bits per heavy atom. The number of nitrogens with zero attached hydrogens (tertiary/aromatic N) is 2. The molecule has 31 heavy (non-hydrogen) atoms. The SMILES string of the molecule is CCCC[N+](CC)(CC)C(C)Oc1cccc(N(c2ccccc2)c2ccccc2)c1. The van der Waals surface area contributed by atoms with E-state index in [1.807, 2.05) is 0 Å². The van der Waals surface area contributed by atoms with Crippen LogP contribution >= 0.6 is 0 Å². The van der Waals surface area contributed by atoms with Crippen molar-refractivity contribution in [2.24, 2.45) is 0 Å². The molecule has 0 spiro atoms. The summed E-state index contributed by atoms with van der Waals surface area (Å²) in [4.78, 5) is 2.27. The Balaban J connectivity index is 1.92. The molecule has 0 radical (unpaired) electrons. The predicted molar refractivity (Wildman–Crippen MR) is 132 cm³/mol. The Morgan fingerprint density at radius 2 is 1.29 bits per heavy atom. The standard InChI is InChI=1S/C28H37N2O/c1-5-8-22-30(6-2,7-3)24(4)31-28-21-15-20-27(23-28)29(25-16-11-9-12-17-25)26-18-13-10-14-19-26/h9-21,23-24H,5-8,22H2,1-4H3/q+1. The monoisotopic (exact) mass is 417 g/mol. The Morgan fingerprint density at radius 1 is 0.742 bits per heavy atom. The zero-order chi connectivity index (χ0) is 22.1. The van der Waals surface area contributed by atoms with E-state index < -0.39 is 0 Å². The van der Waals surface area contributed by atoms with Crippen molar-refractivity contribution < 1.29 is 9.22 Å². The second-order valence-electron chi connectivity index (χ2n) is 8.15. The lowest BCUT2D eigenvalue weighted by Gasteiger charge is -2.41. The summed E-state index contributed by atoms with van der Waals surface area (Å²) < 4.78 is 7.55. The molecule has 3 rings (SSSR count). The highest BCUT2D eigenvalue weighted by atomic mass is 16.5. The summed E-state index contributed by atoms with van der Waals surface area (Å²) >= 11 is 0. The van der Waals surface area contributed by atoms with Crippen LogP contribution in [0.15, 0.2) is 84.9 Å². The first kappa shape index (κ1) is 22.9. The summed E-state index contributed by atoms with van der Waals surface area (Å²) in [7, 11) is 0. The van der Waals surface area contributed by atoms with Crippen LogP contribution in [-0.4, -0.2) is 30.3 Å². The van der Waals surface area contributed by atoms with Crippen molar-refractivity contribution in [1.29, 1.82) is 0 Å². The van der Waals surface area contributed by atoms with Gasteiger partial charge in [0, 0.05) is 30.1 Å². The maximum atomic E-state index is 6.57. The van der Waals surface area contributed by atoms with Gasteiger partial charge in [0.15, 0.2) is 0 Å². The van der Waals surface area contributed by atoms with Gasteiger partial charge in [-0.2, -0.15) is 0 Å². The van der Waals surface area contributed by atoms with Gasteiger partial charge < -0.3 is 9.64 Å². The van der Waals surface area contributed by atoms with Crippen LogP contribution in [0.2, 0.25) is 0 Å². The van der Waals surface area contributed by atoms with E-state index in [0.29, 0.717) is 0 Å². The minimum Gasteiger partial charge on any atom is -0.443 e. The molecule has 0 aliphatic heterocycles. The largest absolute Gasteiger partial charge is 0.443 e. The summed E-state index contributed by atoms with van der Waals surface area (Å²) in [5.41, 5.74) is 3.37. The molecule has 0 aliphatic rings. The maximum Gasteiger partial charge on any atom is 0.230 e. The Labute approximate surface area is 188 Å². The molecule has 0 N–H and O–H groups in total. The molecule has 0 aromatic heterocycles. The zero-order valence-electron chi connectivity index (χ0n) is 19.5. The lowest BCUT2D eigenvalue weighted by Crippen LogP contribution is -2.56. The van der Waals surface area contributed by atoms with E-state index in [4.69, 9.17) is 4.74 Å². The topological polar surface area (TPSA) is 12.5 Å². The van der Waals surface area contributed by atoms with Crippen LogP contribution in [0.4, 0.5) is 17.1 Å². The summed E-state index contributed by atoms with van der Waals surface area (Å²) in [5.74, 6) is 0.919. The van der Waals surface area contributed by atoms with E-state index in [1.165, 1.54) is 12.8 Å². The minimum absolute atomic E-state index is 0.110. The lowest BCUT2D eigenvalue weighted by atomic mass is 10.2. The van der Waals surface area contributed by atoms with E-state index in [1.54, 1.807) is 0 Å². The third kappa shape index (κ3) is 5.48. The van der Waals surface area contributed by atoms with Gasteiger partial charge in [-0.05, 0) is 56.7 Å². The molecule has 3 aromatic rings. The number of unbranched alkanes of at least 4 members (excludes halogenated alkanes) is 1. The van der Waals surface area contributed by atoms with E-state index in [2.05, 4.69) is 118 Å². The summed E-state index contributed by atoms with van der Waals surface area (Å²) in [6, 6.07) is 29.5. The van der Waals surface area contributed by atoms with Gasteiger partial charge in [-0.15, -0.1) is 0 Å². The number of rotatable bonds is 11. The van der Waals surface area contributed by atoms with Crippen LogP contribution < -0.4 is 9.64 Å². The van der Waals surface area contributed by atoms with Gasteiger partial charge in [-0.3, -0.25) is 4.48 Å². The van der Waals surface area contributed by atoms with Crippen LogP contribution in [0.25, 0.3) is 0 Å². The Kier molecular flexibility index (Phi) is 8.13. The van der Waals surface area contributed by atoms with Crippen LogP contribution in [0, 0.1) is 0 Å². The molecule has 3 nitrogen and oxygen atoms in total. The normalized spacial score (nSPS) is 12.4. The van der Waals surface area contributed by atoms with E-state index in [0.717, 1.165) is 46.9 Å².